The van der Waals surface area contributed by atoms with Crippen LogP contribution in [0.3, 0.4) is 0 Å². The molecule has 2 aromatic rings. The van der Waals surface area contributed by atoms with Crippen molar-refractivity contribution in [2.45, 2.75) is 0 Å². The molecule has 10 heteroatoms. The first kappa shape index (κ1) is 15.8. The van der Waals surface area contributed by atoms with Gasteiger partial charge in [0.15, 0.2) is 5.76 Å². The number of carboxylic acid groups (broad SMARTS) is 1. The summed E-state index contributed by atoms with van der Waals surface area (Å²) in [5, 5.41) is 21.7. The number of benzene rings is 1. The van der Waals surface area contributed by atoms with Gasteiger partial charge in [0.05, 0.1) is 27.4 Å². The van der Waals surface area contributed by atoms with Crippen LogP contribution in [0.25, 0.3) is 0 Å². The van der Waals surface area contributed by atoms with Gasteiger partial charge in [0, 0.05) is 0 Å². The molecule has 0 aliphatic carbocycles. The molecule has 0 saturated carbocycles. The van der Waals surface area contributed by atoms with Crippen LogP contribution in [0.5, 0.6) is 0 Å². The number of aromatic carboxylic acids is 1. The molecule has 0 bridgehead atoms. The van der Waals surface area contributed by atoms with Crippen LogP contribution in [0, 0.1) is 10.1 Å². The first-order chi connectivity index (χ1) is 10.3. The predicted octanol–water partition coefficient (Wildman–Crippen LogP) is 3.45. The van der Waals surface area contributed by atoms with Gasteiger partial charge in [0.1, 0.15) is 4.92 Å². The minimum atomic E-state index is -1.30. The molecular weight excluding hydrogens is 339 g/mol. The molecule has 1 amide bonds. The highest BCUT2D eigenvalue weighted by atomic mass is 35.5. The topological polar surface area (TPSA) is 123 Å². The zero-order valence-electron chi connectivity index (χ0n) is 10.5. The summed E-state index contributed by atoms with van der Waals surface area (Å²) in [5.41, 5.74) is -0.278. The van der Waals surface area contributed by atoms with E-state index >= 15 is 0 Å². The molecular formula is C12H6Cl2N2O6. The van der Waals surface area contributed by atoms with Crippen molar-refractivity contribution in [3.63, 3.8) is 0 Å². The van der Waals surface area contributed by atoms with E-state index in [0.29, 0.717) is 0 Å². The molecule has 1 aromatic heterocycles. The maximum atomic E-state index is 11.9. The zero-order chi connectivity index (χ0) is 16.4. The quantitative estimate of drug-likeness (QED) is 0.646. The minimum Gasteiger partial charge on any atom is -0.478 e. The molecule has 0 atom stereocenters. The third-order valence-corrected chi connectivity index (χ3v) is 3.16. The average molecular weight is 345 g/mol. The molecule has 8 nitrogen and oxygen atoms in total. The van der Waals surface area contributed by atoms with Crippen molar-refractivity contribution < 1.29 is 24.0 Å². The van der Waals surface area contributed by atoms with Crippen molar-refractivity contribution in [2.24, 2.45) is 0 Å². The van der Waals surface area contributed by atoms with Gasteiger partial charge in [0.25, 0.3) is 5.91 Å². The lowest BCUT2D eigenvalue weighted by Crippen LogP contribution is -2.12. The van der Waals surface area contributed by atoms with E-state index in [2.05, 4.69) is 5.32 Å². The second kappa shape index (κ2) is 6.04. The highest BCUT2D eigenvalue weighted by Gasteiger charge is 2.19. The summed E-state index contributed by atoms with van der Waals surface area (Å²) in [7, 11) is 0. The van der Waals surface area contributed by atoms with E-state index in [1.54, 1.807) is 0 Å². The number of anilines is 1. The van der Waals surface area contributed by atoms with Crippen molar-refractivity contribution in [1.29, 1.82) is 0 Å². The number of nitrogens with zero attached hydrogens (tertiary/aromatic N) is 1. The number of amides is 1. The molecule has 2 rings (SSSR count). The fourth-order valence-corrected chi connectivity index (χ4v) is 2.05. The number of hydrogen-bond acceptors (Lipinski definition) is 5. The third-order valence-electron chi connectivity index (χ3n) is 2.53. The van der Waals surface area contributed by atoms with Crippen molar-refractivity contribution in [1.82, 2.24) is 0 Å². The maximum absolute atomic E-state index is 11.9. The van der Waals surface area contributed by atoms with Gasteiger partial charge in [-0.25, -0.2) is 4.79 Å². The number of hydrogen-bond donors (Lipinski definition) is 2. The standard InChI is InChI=1S/C12H6Cl2N2O6/c13-6-4-7(14)8(3-5(6)12(18)19)15-11(17)9-1-2-10(22-9)16(20)21/h1-4H,(H,15,17)(H,18,19). The lowest BCUT2D eigenvalue weighted by molar-refractivity contribution is -0.402. The number of carbonyl (C=O) groups is 2. The Labute approximate surface area is 132 Å². The highest BCUT2D eigenvalue weighted by Crippen LogP contribution is 2.30. The Bertz CT molecular complexity index is 786. The average Bonchev–Trinajstić information content (AvgIpc) is 2.91. The van der Waals surface area contributed by atoms with Crippen LogP contribution in [0.2, 0.25) is 10.0 Å². The summed E-state index contributed by atoms with van der Waals surface area (Å²) < 4.78 is 4.72. The van der Waals surface area contributed by atoms with Crippen LogP contribution >= 0.6 is 23.2 Å². The number of nitrogens with one attached hydrogen (secondary N) is 1. The first-order valence-corrected chi connectivity index (χ1v) is 6.33. The predicted molar refractivity (Wildman–Crippen MR) is 76.7 cm³/mol. The Morgan fingerprint density at radius 1 is 1.23 bits per heavy atom. The molecule has 2 N–H and O–H groups in total. The van der Waals surface area contributed by atoms with E-state index in [-0.39, 0.29) is 27.1 Å². The molecule has 1 heterocycles. The number of carbonyl (C=O) groups excluding carboxylic acids is 1. The summed E-state index contributed by atoms with van der Waals surface area (Å²) in [6.07, 6.45) is 0. The largest absolute Gasteiger partial charge is 0.478 e. The zero-order valence-corrected chi connectivity index (χ0v) is 12.0. The van der Waals surface area contributed by atoms with Gasteiger partial charge in [-0.2, -0.15) is 0 Å². The van der Waals surface area contributed by atoms with Crippen molar-refractivity contribution in [3.05, 3.63) is 55.7 Å². The van der Waals surface area contributed by atoms with Crippen LogP contribution in [0.15, 0.2) is 28.7 Å². The smallest absolute Gasteiger partial charge is 0.433 e. The van der Waals surface area contributed by atoms with Gasteiger partial charge in [-0.1, -0.05) is 23.2 Å². The Kier molecular flexibility index (Phi) is 4.34. The van der Waals surface area contributed by atoms with Crippen molar-refractivity contribution in [3.8, 4) is 0 Å². The fourth-order valence-electron chi connectivity index (χ4n) is 1.54. The lowest BCUT2D eigenvalue weighted by atomic mass is 10.2. The lowest BCUT2D eigenvalue weighted by Gasteiger charge is -2.08. The van der Waals surface area contributed by atoms with Crippen LogP contribution in [0.1, 0.15) is 20.9 Å². The maximum Gasteiger partial charge on any atom is 0.433 e. The minimum absolute atomic E-state index is 0.00408. The second-order valence-corrected chi connectivity index (χ2v) is 4.78. The summed E-state index contributed by atoms with van der Waals surface area (Å²) in [5.74, 6) is -3.05. The van der Waals surface area contributed by atoms with E-state index < -0.39 is 22.7 Å². The highest BCUT2D eigenvalue weighted by molar-refractivity contribution is 6.38. The molecule has 114 valence electrons. The molecule has 0 fully saturated rings. The Morgan fingerprint density at radius 2 is 1.91 bits per heavy atom. The van der Waals surface area contributed by atoms with E-state index in [9.17, 15) is 19.7 Å². The Hall–Kier alpha value is -2.58. The SMILES string of the molecule is O=C(Nc1cc(C(=O)O)c(Cl)cc1Cl)c1ccc([N+](=O)[O-])o1. The number of furan rings is 1. The molecule has 22 heavy (non-hydrogen) atoms. The Balaban J connectivity index is 2.29. The summed E-state index contributed by atoms with van der Waals surface area (Å²) >= 11 is 11.6. The summed E-state index contributed by atoms with van der Waals surface area (Å²) in [6.45, 7) is 0. The number of halogens is 2. The molecule has 0 aliphatic rings. The van der Waals surface area contributed by atoms with Gasteiger partial charge >= 0.3 is 11.9 Å². The van der Waals surface area contributed by atoms with Crippen molar-refractivity contribution in [2.75, 3.05) is 5.32 Å². The fraction of sp³-hybridized carbons (Fsp3) is 0. The summed E-state index contributed by atoms with van der Waals surface area (Å²) in [4.78, 5) is 32.6. The van der Waals surface area contributed by atoms with Gasteiger partial charge in [-0.3, -0.25) is 14.9 Å². The number of rotatable bonds is 4. The van der Waals surface area contributed by atoms with Crippen LogP contribution in [-0.2, 0) is 0 Å². The van der Waals surface area contributed by atoms with Gasteiger partial charge in [-0.05, 0) is 18.2 Å². The second-order valence-electron chi connectivity index (χ2n) is 3.97. The summed E-state index contributed by atoms with van der Waals surface area (Å²) in [6, 6.07) is 4.35. The van der Waals surface area contributed by atoms with Crippen LogP contribution in [-0.4, -0.2) is 21.9 Å². The van der Waals surface area contributed by atoms with Gasteiger partial charge < -0.3 is 14.8 Å². The first-order valence-electron chi connectivity index (χ1n) is 5.57. The van der Waals surface area contributed by atoms with Crippen LogP contribution < -0.4 is 5.32 Å². The molecule has 0 saturated heterocycles. The van der Waals surface area contributed by atoms with E-state index in [4.69, 9.17) is 32.7 Å². The third kappa shape index (κ3) is 3.18. The molecule has 0 radical (unpaired) electrons. The molecule has 0 spiro atoms. The molecule has 0 aliphatic heterocycles. The van der Waals surface area contributed by atoms with E-state index in [1.165, 1.54) is 0 Å². The monoisotopic (exact) mass is 344 g/mol. The number of nitro groups is 1. The Morgan fingerprint density at radius 3 is 2.45 bits per heavy atom. The molecule has 1 aromatic carbocycles. The number of carboxylic acids is 1. The molecule has 0 unspecified atom stereocenters. The van der Waals surface area contributed by atoms with Crippen LogP contribution in [0.4, 0.5) is 11.6 Å². The van der Waals surface area contributed by atoms with Gasteiger partial charge in [-0.15, -0.1) is 0 Å². The van der Waals surface area contributed by atoms with Gasteiger partial charge in [0.2, 0.25) is 0 Å². The van der Waals surface area contributed by atoms with E-state index in [1.807, 2.05) is 0 Å². The van der Waals surface area contributed by atoms with E-state index in [0.717, 1.165) is 24.3 Å². The normalized spacial score (nSPS) is 10.3. The van der Waals surface area contributed by atoms with Crippen molar-refractivity contribution >= 4 is 46.6 Å².